The van der Waals surface area contributed by atoms with E-state index < -0.39 is 5.82 Å². The van der Waals surface area contributed by atoms with Crippen LogP contribution in [0.4, 0.5) is 4.39 Å². The fourth-order valence-electron chi connectivity index (χ4n) is 1.25. The summed E-state index contributed by atoms with van der Waals surface area (Å²) in [6.45, 7) is 0.372. The van der Waals surface area contributed by atoms with Gasteiger partial charge in [-0.3, -0.25) is 4.98 Å². The summed E-state index contributed by atoms with van der Waals surface area (Å²) in [5.41, 5.74) is 7.30. The second kappa shape index (κ2) is 5.20. The van der Waals surface area contributed by atoms with E-state index in [4.69, 9.17) is 22.7 Å². The van der Waals surface area contributed by atoms with E-state index in [1.807, 2.05) is 0 Å². The highest BCUT2D eigenvalue weighted by molar-refractivity contribution is 7.80. The maximum absolute atomic E-state index is 13.5. The molecular formula is C11H9FN2OS2. The van der Waals surface area contributed by atoms with Crippen LogP contribution in [-0.2, 0) is 6.61 Å². The van der Waals surface area contributed by atoms with Crippen molar-refractivity contribution in [2.45, 2.75) is 6.61 Å². The molecule has 0 amide bonds. The highest BCUT2D eigenvalue weighted by Crippen LogP contribution is 2.18. The van der Waals surface area contributed by atoms with Crippen LogP contribution in [0.2, 0.25) is 0 Å². The number of halogens is 1. The van der Waals surface area contributed by atoms with Gasteiger partial charge in [-0.2, -0.15) is 0 Å². The summed E-state index contributed by atoms with van der Waals surface area (Å²) in [7, 11) is 0. The Balaban J connectivity index is 2.07. The lowest BCUT2D eigenvalue weighted by atomic mass is 10.2. The van der Waals surface area contributed by atoms with Crippen molar-refractivity contribution in [2.24, 2.45) is 5.73 Å². The SMILES string of the molecule is NC(=S)c1ccc(OCc2cncs2)cc1F. The Morgan fingerprint density at radius 3 is 2.94 bits per heavy atom. The molecule has 0 bridgehead atoms. The van der Waals surface area contributed by atoms with E-state index >= 15 is 0 Å². The standard InChI is InChI=1S/C11H9FN2OS2/c12-10-3-7(1-2-9(10)11(13)16)15-5-8-4-14-6-17-8/h1-4,6H,5H2,(H2,13,16). The molecule has 2 aromatic rings. The van der Waals surface area contributed by atoms with E-state index in [9.17, 15) is 4.39 Å². The van der Waals surface area contributed by atoms with Gasteiger partial charge in [-0.25, -0.2) is 4.39 Å². The summed E-state index contributed by atoms with van der Waals surface area (Å²) in [4.78, 5) is 4.93. The number of hydrogen-bond donors (Lipinski definition) is 1. The summed E-state index contributed by atoms with van der Waals surface area (Å²) in [6.07, 6.45) is 1.71. The van der Waals surface area contributed by atoms with Crippen LogP contribution in [0.25, 0.3) is 0 Å². The predicted molar refractivity (Wildman–Crippen MR) is 68.7 cm³/mol. The maximum atomic E-state index is 13.5. The molecule has 0 spiro atoms. The van der Waals surface area contributed by atoms with Gasteiger partial charge in [0.05, 0.1) is 10.4 Å². The Bertz CT molecular complexity index is 528. The van der Waals surface area contributed by atoms with Crippen molar-refractivity contribution in [2.75, 3.05) is 0 Å². The number of rotatable bonds is 4. The summed E-state index contributed by atoms with van der Waals surface area (Å²) < 4.78 is 18.9. The molecule has 0 radical (unpaired) electrons. The topological polar surface area (TPSA) is 48.1 Å². The van der Waals surface area contributed by atoms with Crippen molar-refractivity contribution in [1.29, 1.82) is 0 Å². The average molecular weight is 268 g/mol. The van der Waals surface area contributed by atoms with Crippen molar-refractivity contribution in [1.82, 2.24) is 4.98 Å². The van der Waals surface area contributed by atoms with Crippen LogP contribution >= 0.6 is 23.6 Å². The molecule has 88 valence electrons. The third-order valence-corrected chi connectivity index (χ3v) is 3.04. The maximum Gasteiger partial charge on any atom is 0.137 e. The first-order chi connectivity index (χ1) is 8.16. The van der Waals surface area contributed by atoms with Gasteiger partial charge in [-0.1, -0.05) is 12.2 Å². The van der Waals surface area contributed by atoms with Gasteiger partial charge in [0.15, 0.2) is 0 Å². The van der Waals surface area contributed by atoms with Gasteiger partial charge in [0.2, 0.25) is 0 Å². The molecule has 0 aliphatic heterocycles. The number of thiazole rings is 1. The molecule has 0 fully saturated rings. The minimum absolute atomic E-state index is 0.0384. The van der Waals surface area contributed by atoms with Crippen LogP contribution in [0, 0.1) is 5.82 Å². The molecule has 0 aliphatic carbocycles. The third-order valence-electron chi connectivity index (χ3n) is 2.07. The molecule has 0 atom stereocenters. The van der Waals surface area contributed by atoms with Crippen LogP contribution in [0.15, 0.2) is 29.9 Å². The smallest absolute Gasteiger partial charge is 0.137 e. The van der Waals surface area contributed by atoms with Crippen molar-refractivity contribution in [3.63, 3.8) is 0 Å². The van der Waals surface area contributed by atoms with Gasteiger partial charge in [0.1, 0.15) is 23.2 Å². The predicted octanol–water partition coefficient (Wildman–Crippen LogP) is 2.50. The van der Waals surface area contributed by atoms with Crippen molar-refractivity contribution < 1.29 is 9.13 Å². The molecule has 17 heavy (non-hydrogen) atoms. The molecule has 2 rings (SSSR count). The molecule has 0 unspecified atom stereocenters. The van der Waals surface area contributed by atoms with Gasteiger partial charge in [-0.05, 0) is 12.1 Å². The van der Waals surface area contributed by atoms with E-state index in [-0.39, 0.29) is 10.6 Å². The molecule has 6 heteroatoms. The lowest BCUT2D eigenvalue weighted by molar-refractivity contribution is 0.308. The summed E-state index contributed by atoms with van der Waals surface area (Å²) in [5, 5.41) is 0. The Kier molecular flexibility index (Phi) is 3.65. The molecule has 1 aromatic heterocycles. The van der Waals surface area contributed by atoms with Crippen LogP contribution in [0.1, 0.15) is 10.4 Å². The number of aromatic nitrogens is 1. The van der Waals surface area contributed by atoms with Crippen LogP contribution in [0.3, 0.4) is 0 Å². The van der Waals surface area contributed by atoms with Crippen molar-refractivity contribution in [3.05, 3.63) is 46.2 Å². The molecule has 1 aromatic carbocycles. The lowest BCUT2D eigenvalue weighted by Gasteiger charge is -2.06. The first-order valence-corrected chi connectivity index (χ1v) is 6.05. The molecular weight excluding hydrogens is 259 g/mol. The first kappa shape index (κ1) is 11.9. The van der Waals surface area contributed by atoms with Crippen LogP contribution < -0.4 is 10.5 Å². The quantitative estimate of drug-likeness (QED) is 0.866. The third kappa shape index (κ3) is 2.98. The van der Waals surface area contributed by atoms with E-state index in [2.05, 4.69) is 4.98 Å². The number of ether oxygens (including phenoxy) is 1. The fourth-order valence-corrected chi connectivity index (χ4v) is 1.92. The molecule has 0 saturated heterocycles. The highest BCUT2D eigenvalue weighted by atomic mass is 32.1. The summed E-state index contributed by atoms with van der Waals surface area (Å²) >= 11 is 6.20. The summed E-state index contributed by atoms with van der Waals surface area (Å²) in [5.74, 6) is -0.0322. The van der Waals surface area contributed by atoms with Gasteiger partial charge in [0, 0.05) is 17.8 Å². The number of hydrogen-bond acceptors (Lipinski definition) is 4. The highest BCUT2D eigenvalue weighted by Gasteiger charge is 2.06. The monoisotopic (exact) mass is 268 g/mol. The van der Waals surface area contributed by atoms with Crippen LogP contribution in [0.5, 0.6) is 5.75 Å². The van der Waals surface area contributed by atoms with Gasteiger partial charge >= 0.3 is 0 Å². The number of benzene rings is 1. The molecule has 1 heterocycles. The largest absolute Gasteiger partial charge is 0.488 e. The first-order valence-electron chi connectivity index (χ1n) is 4.76. The molecule has 0 saturated carbocycles. The Hall–Kier alpha value is -1.53. The van der Waals surface area contributed by atoms with E-state index in [1.54, 1.807) is 17.8 Å². The zero-order valence-electron chi connectivity index (χ0n) is 8.72. The minimum Gasteiger partial charge on any atom is -0.488 e. The van der Waals surface area contributed by atoms with E-state index in [0.717, 1.165) is 4.88 Å². The van der Waals surface area contributed by atoms with Crippen molar-refractivity contribution in [3.8, 4) is 5.75 Å². The van der Waals surface area contributed by atoms with Gasteiger partial charge < -0.3 is 10.5 Å². The normalized spacial score (nSPS) is 10.2. The zero-order chi connectivity index (χ0) is 12.3. The van der Waals surface area contributed by atoms with Gasteiger partial charge in [-0.15, -0.1) is 11.3 Å². The number of nitrogens with zero attached hydrogens (tertiary/aromatic N) is 1. The summed E-state index contributed by atoms with van der Waals surface area (Å²) in [6, 6.07) is 4.42. The zero-order valence-corrected chi connectivity index (χ0v) is 10.4. The van der Waals surface area contributed by atoms with Gasteiger partial charge in [0.25, 0.3) is 0 Å². The number of thiocarbonyl (C=S) groups is 1. The molecule has 3 nitrogen and oxygen atoms in total. The van der Waals surface area contributed by atoms with Crippen LogP contribution in [-0.4, -0.2) is 9.97 Å². The average Bonchev–Trinajstić information content (AvgIpc) is 2.78. The lowest BCUT2D eigenvalue weighted by Crippen LogP contribution is -2.11. The second-order valence-corrected chi connectivity index (χ2v) is 4.67. The Labute approximate surface area is 107 Å². The Morgan fingerprint density at radius 2 is 2.35 bits per heavy atom. The molecule has 0 aliphatic rings. The second-order valence-electron chi connectivity index (χ2n) is 3.26. The Morgan fingerprint density at radius 1 is 1.53 bits per heavy atom. The molecule has 2 N–H and O–H groups in total. The minimum atomic E-state index is -0.473. The van der Waals surface area contributed by atoms with E-state index in [1.165, 1.54) is 23.5 Å². The van der Waals surface area contributed by atoms with E-state index in [0.29, 0.717) is 12.4 Å². The van der Waals surface area contributed by atoms with Crippen molar-refractivity contribution >= 4 is 28.5 Å². The fraction of sp³-hybridized carbons (Fsp3) is 0.0909. The number of nitrogens with two attached hydrogens (primary N) is 1.